The fourth-order valence-electron chi connectivity index (χ4n) is 1.39. The zero-order valence-electron chi connectivity index (χ0n) is 10.8. The first kappa shape index (κ1) is 14.0. The molecular weight excluding hydrogens is 232 g/mol. The van der Waals surface area contributed by atoms with E-state index in [4.69, 9.17) is 0 Å². The molecule has 6 heteroatoms. The third-order valence-electron chi connectivity index (χ3n) is 2.33. The fraction of sp³-hybridized carbons (Fsp3) is 0.417. The lowest BCUT2D eigenvalue weighted by Gasteiger charge is -2.12. The molecule has 1 atom stereocenters. The number of nitrogens with zero attached hydrogens (tertiary/aromatic N) is 1. The van der Waals surface area contributed by atoms with Crippen LogP contribution in [0.1, 0.15) is 24.3 Å². The summed E-state index contributed by atoms with van der Waals surface area (Å²) in [6.07, 6.45) is 0. The van der Waals surface area contributed by atoms with E-state index in [-0.39, 0.29) is 17.5 Å². The Morgan fingerprint density at radius 2 is 2.11 bits per heavy atom. The molecule has 1 heterocycles. The van der Waals surface area contributed by atoms with Crippen molar-refractivity contribution < 1.29 is 9.59 Å². The van der Waals surface area contributed by atoms with Crippen LogP contribution in [-0.4, -0.2) is 36.4 Å². The molecule has 1 aromatic rings. The van der Waals surface area contributed by atoms with E-state index in [9.17, 15) is 9.59 Å². The maximum absolute atomic E-state index is 11.9. The molecule has 0 fully saturated rings. The van der Waals surface area contributed by atoms with E-state index in [1.807, 2.05) is 6.92 Å². The summed E-state index contributed by atoms with van der Waals surface area (Å²) in [5.74, 6) is 0.0230. The highest BCUT2D eigenvalue weighted by atomic mass is 16.2. The third-order valence-corrected chi connectivity index (χ3v) is 2.33. The summed E-state index contributed by atoms with van der Waals surface area (Å²) in [4.78, 5) is 27.3. The number of amides is 2. The lowest BCUT2D eigenvalue weighted by atomic mass is 10.2. The monoisotopic (exact) mass is 250 g/mol. The quantitative estimate of drug-likeness (QED) is 0.705. The van der Waals surface area contributed by atoms with Crippen LogP contribution in [0, 0.1) is 0 Å². The molecule has 1 unspecified atom stereocenters. The van der Waals surface area contributed by atoms with Crippen molar-refractivity contribution in [3.8, 4) is 0 Å². The molecule has 0 aliphatic heterocycles. The summed E-state index contributed by atoms with van der Waals surface area (Å²) in [5.41, 5.74) is 0.282. The van der Waals surface area contributed by atoms with Crippen molar-refractivity contribution in [1.29, 1.82) is 0 Å². The highest BCUT2D eigenvalue weighted by molar-refractivity contribution is 5.96. The van der Waals surface area contributed by atoms with Gasteiger partial charge in [0, 0.05) is 13.6 Å². The van der Waals surface area contributed by atoms with Crippen molar-refractivity contribution in [2.75, 3.05) is 18.9 Å². The van der Waals surface area contributed by atoms with Crippen LogP contribution in [0.3, 0.4) is 0 Å². The lowest BCUT2D eigenvalue weighted by molar-refractivity contribution is -0.122. The molecule has 1 rings (SSSR count). The Morgan fingerprint density at radius 1 is 1.39 bits per heavy atom. The van der Waals surface area contributed by atoms with Gasteiger partial charge in [0.15, 0.2) is 0 Å². The van der Waals surface area contributed by atoms with Gasteiger partial charge in [0.1, 0.15) is 17.6 Å². The number of anilines is 1. The second-order valence-electron chi connectivity index (χ2n) is 3.75. The summed E-state index contributed by atoms with van der Waals surface area (Å²) in [6.45, 7) is 4.29. The first-order valence-corrected chi connectivity index (χ1v) is 5.81. The summed E-state index contributed by atoms with van der Waals surface area (Å²) in [7, 11) is 1.52. The molecule has 0 saturated carbocycles. The van der Waals surface area contributed by atoms with Crippen molar-refractivity contribution in [1.82, 2.24) is 15.6 Å². The Balaban J connectivity index is 2.72. The van der Waals surface area contributed by atoms with E-state index in [1.165, 1.54) is 7.05 Å². The molecule has 0 spiro atoms. The minimum atomic E-state index is -0.591. The van der Waals surface area contributed by atoms with Crippen molar-refractivity contribution >= 4 is 17.6 Å². The van der Waals surface area contributed by atoms with Crippen LogP contribution in [0.25, 0.3) is 0 Å². The molecular formula is C12H18N4O2. The number of pyridine rings is 1. The van der Waals surface area contributed by atoms with Crippen LogP contribution in [0.5, 0.6) is 0 Å². The minimum absolute atomic E-state index is 0.244. The minimum Gasteiger partial charge on any atom is -0.370 e. The predicted octanol–water partition coefficient (Wildman–Crippen LogP) is 0.378. The summed E-state index contributed by atoms with van der Waals surface area (Å²) < 4.78 is 0. The second-order valence-corrected chi connectivity index (χ2v) is 3.75. The number of nitrogens with one attached hydrogen (secondary N) is 3. The topological polar surface area (TPSA) is 83.1 Å². The smallest absolute Gasteiger partial charge is 0.270 e. The molecule has 0 saturated heterocycles. The second kappa shape index (κ2) is 6.58. The van der Waals surface area contributed by atoms with Gasteiger partial charge in [0.2, 0.25) is 5.91 Å². The van der Waals surface area contributed by atoms with Gasteiger partial charge in [-0.05, 0) is 26.0 Å². The number of rotatable bonds is 5. The summed E-state index contributed by atoms with van der Waals surface area (Å²) in [5, 5.41) is 8.06. The number of carbonyl (C=O) groups excluding carboxylic acids is 2. The van der Waals surface area contributed by atoms with Crippen LogP contribution in [0.2, 0.25) is 0 Å². The number of hydrogen-bond acceptors (Lipinski definition) is 4. The first-order chi connectivity index (χ1) is 8.58. The van der Waals surface area contributed by atoms with Crippen molar-refractivity contribution in [2.45, 2.75) is 19.9 Å². The Morgan fingerprint density at radius 3 is 2.72 bits per heavy atom. The zero-order chi connectivity index (χ0) is 13.5. The highest BCUT2D eigenvalue weighted by Crippen LogP contribution is 2.04. The zero-order valence-corrected chi connectivity index (χ0v) is 10.8. The van der Waals surface area contributed by atoms with Crippen LogP contribution in [-0.2, 0) is 4.79 Å². The molecule has 98 valence electrons. The molecule has 6 nitrogen and oxygen atoms in total. The van der Waals surface area contributed by atoms with E-state index in [0.29, 0.717) is 5.82 Å². The van der Waals surface area contributed by atoms with Crippen LogP contribution < -0.4 is 16.0 Å². The number of hydrogen-bond donors (Lipinski definition) is 3. The Hall–Kier alpha value is -2.11. The lowest BCUT2D eigenvalue weighted by Crippen LogP contribution is -2.43. The number of likely N-dealkylation sites (N-methyl/N-ethyl adjacent to an activating group) is 1. The molecule has 0 aliphatic rings. The van der Waals surface area contributed by atoms with Crippen molar-refractivity contribution in [2.24, 2.45) is 0 Å². The van der Waals surface area contributed by atoms with Gasteiger partial charge < -0.3 is 16.0 Å². The molecule has 0 radical (unpaired) electrons. The highest BCUT2D eigenvalue weighted by Gasteiger charge is 2.16. The van der Waals surface area contributed by atoms with Gasteiger partial charge in [-0.1, -0.05) is 6.07 Å². The normalized spacial score (nSPS) is 11.5. The number of aromatic nitrogens is 1. The Labute approximate surface area is 106 Å². The average Bonchev–Trinajstić information content (AvgIpc) is 2.38. The van der Waals surface area contributed by atoms with Gasteiger partial charge in [0.25, 0.3) is 5.91 Å². The van der Waals surface area contributed by atoms with E-state index >= 15 is 0 Å². The maximum atomic E-state index is 11.9. The first-order valence-electron chi connectivity index (χ1n) is 5.81. The third kappa shape index (κ3) is 3.73. The standard InChI is InChI=1S/C12H18N4O2/c1-4-14-10-7-5-6-9(16-10)12(18)15-8(2)11(17)13-3/h5-8H,4H2,1-3H3,(H,13,17)(H,14,16)(H,15,18). The van der Waals surface area contributed by atoms with Gasteiger partial charge in [-0.3, -0.25) is 9.59 Å². The van der Waals surface area contributed by atoms with E-state index in [1.54, 1.807) is 25.1 Å². The maximum Gasteiger partial charge on any atom is 0.270 e. The van der Waals surface area contributed by atoms with E-state index in [2.05, 4.69) is 20.9 Å². The SMILES string of the molecule is CCNc1cccc(C(=O)NC(C)C(=O)NC)n1. The largest absolute Gasteiger partial charge is 0.370 e. The van der Waals surface area contributed by atoms with Crippen molar-refractivity contribution in [3.63, 3.8) is 0 Å². The van der Waals surface area contributed by atoms with Crippen LogP contribution in [0.4, 0.5) is 5.82 Å². The van der Waals surface area contributed by atoms with E-state index in [0.717, 1.165) is 6.54 Å². The molecule has 0 bridgehead atoms. The van der Waals surface area contributed by atoms with Gasteiger partial charge in [-0.2, -0.15) is 0 Å². The Kier molecular flexibility index (Phi) is 5.10. The summed E-state index contributed by atoms with van der Waals surface area (Å²) in [6, 6.07) is 4.53. The predicted molar refractivity (Wildman–Crippen MR) is 69.4 cm³/mol. The van der Waals surface area contributed by atoms with Crippen LogP contribution >= 0.6 is 0 Å². The summed E-state index contributed by atoms with van der Waals surface area (Å²) >= 11 is 0. The molecule has 0 aliphatic carbocycles. The molecule has 18 heavy (non-hydrogen) atoms. The van der Waals surface area contributed by atoms with E-state index < -0.39 is 6.04 Å². The van der Waals surface area contributed by atoms with Gasteiger partial charge in [-0.25, -0.2) is 4.98 Å². The van der Waals surface area contributed by atoms with Gasteiger partial charge >= 0.3 is 0 Å². The van der Waals surface area contributed by atoms with Gasteiger partial charge in [0.05, 0.1) is 0 Å². The molecule has 1 aromatic heterocycles. The van der Waals surface area contributed by atoms with Gasteiger partial charge in [-0.15, -0.1) is 0 Å². The molecule has 3 N–H and O–H groups in total. The average molecular weight is 250 g/mol. The molecule has 2 amide bonds. The molecule has 0 aromatic carbocycles. The number of carbonyl (C=O) groups is 2. The van der Waals surface area contributed by atoms with Crippen LogP contribution in [0.15, 0.2) is 18.2 Å². The van der Waals surface area contributed by atoms with Crippen molar-refractivity contribution in [3.05, 3.63) is 23.9 Å². The Bertz CT molecular complexity index is 434. The fourth-order valence-corrected chi connectivity index (χ4v) is 1.39.